The zero-order valence-corrected chi connectivity index (χ0v) is 14.9. The first kappa shape index (κ1) is 20.7. The molecule has 1 nitrogen and oxygen atoms in total. The van der Waals surface area contributed by atoms with Crippen molar-refractivity contribution in [2.24, 2.45) is 0 Å². The highest BCUT2D eigenvalue weighted by Crippen LogP contribution is 2.40. The Hall–Kier alpha value is -3.03. The summed E-state index contributed by atoms with van der Waals surface area (Å²) in [4.78, 5) is 0. The van der Waals surface area contributed by atoms with Gasteiger partial charge < -0.3 is 4.74 Å². The summed E-state index contributed by atoms with van der Waals surface area (Å²) in [7, 11) is 0. The van der Waals surface area contributed by atoms with Gasteiger partial charge in [-0.1, -0.05) is 29.8 Å². The Bertz CT molecular complexity index is 1010. The van der Waals surface area contributed by atoms with Gasteiger partial charge in [0, 0.05) is 12.1 Å². The van der Waals surface area contributed by atoms with Gasteiger partial charge >= 0.3 is 6.11 Å². The van der Waals surface area contributed by atoms with Crippen LogP contribution in [0.5, 0.6) is 5.75 Å². The molecule has 0 saturated heterocycles. The third-order valence-electron chi connectivity index (χ3n) is 4.20. The highest BCUT2D eigenvalue weighted by atomic mass is 19.3. The first-order valence-corrected chi connectivity index (χ1v) is 8.34. The van der Waals surface area contributed by atoms with Crippen molar-refractivity contribution in [1.29, 1.82) is 0 Å². The topological polar surface area (TPSA) is 9.23 Å². The fraction of sp³-hybridized carbons (Fsp3) is 0.143. The molecule has 0 aromatic heterocycles. The van der Waals surface area contributed by atoms with Crippen LogP contribution in [0.25, 0.3) is 5.57 Å². The molecule has 0 atom stereocenters. The second-order valence-electron chi connectivity index (χ2n) is 6.33. The number of alkyl halides is 2. The molecule has 0 heterocycles. The van der Waals surface area contributed by atoms with Crippen LogP contribution in [0, 0.1) is 24.4 Å². The molecule has 2 aromatic rings. The number of allylic oxidation sites excluding steroid dienone is 4. The lowest BCUT2D eigenvalue weighted by atomic mass is 10.0. The SMILES string of the molecule is Cc1ccc(C2=CC(F)=C(C(F)(F)Oc3cc(F)c(F)c(F)c3)C(F)=CC2)cc1. The van der Waals surface area contributed by atoms with Crippen molar-refractivity contribution in [1.82, 2.24) is 0 Å². The Labute approximate surface area is 161 Å². The van der Waals surface area contributed by atoms with Crippen molar-refractivity contribution in [2.75, 3.05) is 0 Å². The van der Waals surface area contributed by atoms with E-state index >= 15 is 0 Å². The van der Waals surface area contributed by atoms with E-state index in [2.05, 4.69) is 4.74 Å². The molecule has 0 fully saturated rings. The molecule has 0 bridgehead atoms. The smallest absolute Gasteiger partial charge is 0.429 e. The number of ether oxygens (including phenoxy) is 1. The molecule has 0 saturated carbocycles. The van der Waals surface area contributed by atoms with Crippen LogP contribution in [0.2, 0.25) is 0 Å². The lowest BCUT2D eigenvalue weighted by molar-refractivity contribution is -0.143. The van der Waals surface area contributed by atoms with Gasteiger partial charge in [-0.2, -0.15) is 8.78 Å². The largest absolute Gasteiger partial charge is 0.432 e. The normalized spacial score (nSPS) is 15.0. The van der Waals surface area contributed by atoms with Crippen LogP contribution in [0.1, 0.15) is 17.5 Å². The van der Waals surface area contributed by atoms with Gasteiger partial charge in [-0.15, -0.1) is 0 Å². The minimum absolute atomic E-state index is 0.149. The standard InChI is InChI=1S/C21H13F7O/c1-11-2-4-12(5-3-11)13-6-7-15(22)19(16(23)8-13)21(27,28)29-14-9-17(24)20(26)18(25)10-14/h2-5,7-10H,6H2,1H3. The van der Waals surface area contributed by atoms with E-state index in [0.29, 0.717) is 5.56 Å². The van der Waals surface area contributed by atoms with Gasteiger partial charge in [0.05, 0.1) is 0 Å². The first-order valence-electron chi connectivity index (χ1n) is 8.34. The summed E-state index contributed by atoms with van der Waals surface area (Å²) in [5.41, 5.74) is -0.0740. The Morgan fingerprint density at radius 3 is 2.07 bits per heavy atom. The molecular weight excluding hydrogens is 401 g/mol. The molecule has 0 N–H and O–H groups in total. The van der Waals surface area contributed by atoms with Gasteiger partial charge in [-0.05, 0) is 36.6 Å². The lowest BCUT2D eigenvalue weighted by Gasteiger charge is -2.20. The van der Waals surface area contributed by atoms with E-state index in [1.165, 1.54) is 0 Å². The van der Waals surface area contributed by atoms with Crippen LogP contribution in [0.15, 0.2) is 65.8 Å². The number of hydrogen-bond acceptors (Lipinski definition) is 1. The minimum atomic E-state index is -4.62. The molecule has 2 aromatic carbocycles. The third-order valence-corrected chi connectivity index (χ3v) is 4.20. The van der Waals surface area contributed by atoms with Crippen LogP contribution in [-0.4, -0.2) is 6.11 Å². The molecule has 3 rings (SSSR count). The molecule has 8 heteroatoms. The van der Waals surface area contributed by atoms with Gasteiger partial charge in [-0.3, -0.25) is 0 Å². The second-order valence-corrected chi connectivity index (χ2v) is 6.33. The summed E-state index contributed by atoms with van der Waals surface area (Å²) >= 11 is 0. The fourth-order valence-electron chi connectivity index (χ4n) is 2.74. The molecular formula is C21H13F7O. The van der Waals surface area contributed by atoms with E-state index in [1.54, 1.807) is 24.3 Å². The van der Waals surface area contributed by atoms with Crippen molar-refractivity contribution in [3.63, 3.8) is 0 Å². The average molecular weight is 414 g/mol. The summed E-state index contributed by atoms with van der Waals surface area (Å²) in [5, 5.41) is 0. The number of aryl methyl sites for hydroxylation is 1. The van der Waals surface area contributed by atoms with E-state index in [4.69, 9.17) is 0 Å². The molecule has 152 valence electrons. The van der Waals surface area contributed by atoms with Crippen LogP contribution in [0.4, 0.5) is 30.7 Å². The van der Waals surface area contributed by atoms with Crippen LogP contribution >= 0.6 is 0 Å². The number of rotatable bonds is 4. The highest BCUT2D eigenvalue weighted by molar-refractivity contribution is 5.71. The van der Waals surface area contributed by atoms with Crippen LogP contribution in [0.3, 0.4) is 0 Å². The zero-order valence-electron chi connectivity index (χ0n) is 14.9. The Balaban J connectivity index is 2.00. The molecule has 0 unspecified atom stereocenters. The number of hydrogen-bond donors (Lipinski definition) is 0. The van der Waals surface area contributed by atoms with Crippen molar-refractivity contribution < 1.29 is 35.5 Å². The van der Waals surface area contributed by atoms with Crippen molar-refractivity contribution in [2.45, 2.75) is 19.5 Å². The van der Waals surface area contributed by atoms with Crippen molar-refractivity contribution in [3.05, 3.63) is 94.4 Å². The predicted octanol–water partition coefficient (Wildman–Crippen LogP) is 6.95. The molecule has 0 radical (unpaired) electrons. The minimum Gasteiger partial charge on any atom is -0.429 e. The van der Waals surface area contributed by atoms with E-state index < -0.39 is 46.5 Å². The molecule has 1 aliphatic rings. The van der Waals surface area contributed by atoms with E-state index in [0.717, 1.165) is 17.7 Å². The Morgan fingerprint density at radius 2 is 1.48 bits per heavy atom. The second kappa shape index (κ2) is 7.77. The monoisotopic (exact) mass is 414 g/mol. The number of benzene rings is 2. The van der Waals surface area contributed by atoms with Gasteiger partial charge in [0.15, 0.2) is 17.5 Å². The van der Waals surface area contributed by atoms with Gasteiger partial charge in [0.25, 0.3) is 0 Å². The quantitative estimate of drug-likeness (QED) is 0.389. The summed E-state index contributed by atoms with van der Waals surface area (Å²) < 4.78 is 101. The van der Waals surface area contributed by atoms with E-state index in [-0.39, 0.29) is 24.1 Å². The van der Waals surface area contributed by atoms with E-state index in [1.807, 2.05) is 6.92 Å². The molecule has 1 aliphatic carbocycles. The maximum absolute atomic E-state index is 14.5. The summed E-state index contributed by atoms with van der Waals surface area (Å²) in [5.74, 6) is -9.80. The first-order chi connectivity index (χ1) is 13.6. The molecule has 0 aliphatic heterocycles. The maximum Gasteiger partial charge on any atom is 0.432 e. The lowest BCUT2D eigenvalue weighted by Crippen LogP contribution is -2.29. The van der Waals surface area contributed by atoms with Gasteiger partial charge in [0.1, 0.15) is 23.0 Å². The van der Waals surface area contributed by atoms with Crippen LogP contribution < -0.4 is 4.74 Å². The summed E-state index contributed by atoms with van der Waals surface area (Å²) in [6.45, 7) is 1.82. The Morgan fingerprint density at radius 1 is 0.897 bits per heavy atom. The van der Waals surface area contributed by atoms with E-state index in [9.17, 15) is 30.7 Å². The Kier molecular flexibility index (Phi) is 5.55. The molecule has 0 spiro atoms. The third kappa shape index (κ3) is 4.36. The number of halogens is 7. The summed E-state index contributed by atoms with van der Waals surface area (Å²) in [6.07, 6.45) is -3.31. The van der Waals surface area contributed by atoms with Crippen molar-refractivity contribution >= 4 is 5.57 Å². The molecule has 29 heavy (non-hydrogen) atoms. The van der Waals surface area contributed by atoms with Crippen LogP contribution in [-0.2, 0) is 0 Å². The maximum atomic E-state index is 14.5. The van der Waals surface area contributed by atoms with Gasteiger partial charge in [-0.25, -0.2) is 22.0 Å². The average Bonchev–Trinajstić information content (AvgIpc) is 2.78. The fourth-order valence-corrected chi connectivity index (χ4v) is 2.74. The predicted molar refractivity (Wildman–Crippen MR) is 93.0 cm³/mol. The summed E-state index contributed by atoms with van der Waals surface area (Å²) in [6, 6.07) is 7.00. The van der Waals surface area contributed by atoms with Crippen molar-refractivity contribution in [3.8, 4) is 5.75 Å². The molecule has 0 amide bonds. The zero-order chi connectivity index (χ0) is 21.3. The highest BCUT2D eigenvalue weighted by Gasteiger charge is 2.43. The van der Waals surface area contributed by atoms with Gasteiger partial charge in [0.2, 0.25) is 0 Å².